The third-order valence-corrected chi connectivity index (χ3v) is 7.77. The number of allylic oxidation sites excluding steroid dienone is 3. The highest BCUT2D eigenvalue weighted by Crippen LogP contribution is 2.53. The Kier molecular flexibility index (Phi) is 5.87. The van der Waals surface area contributed by atoms with Crippen LogP contribution in [-0.4, -0.2) is 56.0 Å². The molecule has 0 bridgehead atoms. The minimum atomic E-state index is -1.16. The van der Waals surface area contributed by atoms with Crippen molar-refractivity contribution in [2.24, 2.45) is 22.7 Å². The van der Waals surface area contributed by atoms with Gasteiger partial charge in [-0.25, -0.2) is 0 Å². The van der Waals surface area contributed by atoms with Gasteiger partial charge < -0.3 is 23.7 Å². The maximum absolute atomic E-state index is 14.6. The molecule has 2 heterocycles. The predicted octanol–water partition coefficient (Wildman–Crippen LogP) is 4.21. The highest BCUT2D eigenvalue weighted by molar-refractivity contribution is 5.94. The van der Waals surface area contributed by atoms with E-state index in [1.54, 1.807) is 7.11 Å². The molecule has 2 aliphatic heterocycles. The van der Waals surface area contributed by atoms with Gasteiger partial charge in [0.05, 0.1) is 25.9 Å². The highest BCUT2D eigenvalue weighted by atomic mass is 16.7. The molecule has 0 aromatic heterocycles. The molecule has 6 heteroatoms. The molecule has 2 aliphatic carbocycles. The Bertz CT molecular complexity index is 833. The minimum Gasteiger partial charge on any atom is -0.366 e. The lowest BCUT2D eigenvalue weighted by Gasteiger charge is -2.54. The van der Waals surface area contributed by atoms with E-state index in [1.165, 1.54) is 0 Å². The SMILES string of the molecule is CO[C@]1(/C=C/C2(C)OCCO2)C(=O)[C@H]2[C@@H]3COC(C)(C)O[C@H]3C=C[C@@]2(C)/C=C\CC1(C)C. The predicted molar refractivity (Wildman–Crippen MR) is 121 cm³/mol. The van der Waals surface area contributed by atoms with Crippen molar-refractivity contribution < 1.29 is 28.5 Å². The van der Waals surface area contributed by atoms with E-state index in [0.29, 0.717) is 26.2 Å². The molecule has 4 aliphatic rings. The number of methoxy groups -OCH3 is 1. The van der Waals surface area contributed by atoms with Gasteiger partial charge in [0.1, 0.15) is 5.60 Å². The monoisotopic (exact) mass is 446 g/mol. The van der Waals surface area contributed by atoms with Crippen molar-refractivity contribution in [3.8, 4) is 0 Å². The topological polar surface area (TPSA) is 63.2 Å². The van der Waals surface area contributed by atoms with Crippen molar-refractivity contribution in [3.63, 3.8) is 0 Å². The molecular weight excluding hydrogens is 408 g/mol. The molecule has 0 spiro atoms. The molecule has 0 aromatic carbocycles. The van der Waals surface area contributed by atoms with Crippen LogP contribution >= 0.6 is 0 Å². The van der Waals surface area contributed by atoms with Crippen molar-refractivity contribution >= 4 is 5.78 Å². The second-order valence-electron chi connectivity index (χ2n) is 11.0. The lowest BCUT2D eigenvalue weighted by molar-refractivity contribution is -0.292. The normalized spacial score (nSPS) is 43.3. The third-order valence-electron chi connectivity index (χ3n) is 7.77. The van der Waals surface area contributed by atoms with Crippen LogP contribution in [0.25, 0.3) is 0 Å². The van der Waals surface area contributed by atoms with Gasteiger partial charge in [-0.1, -0.05) is 45.1 Å². The summed E-state index contributed by atoms with van der Waals surface area (Å²) < 4.78 is 30.0. The van der Waals surface area contributed by atoms with E-state index in [1.807, 2.05) is 32.9 Å². The van der Waals surface area contributed by atoms with Crippen molar-refractivity contribution in [2.75, 3.05) is 26.9 Å². The molecule has 2 saturated heterocycles. The van der Waals surface area contributed by atoms with Gasteiger partial charge >= 0.3 is 0 Å². The van der Waals surface area contributed by atoms with E-state index in [0.717, 1.165) is 0 Å². The van der Waals surface area contributed by atoms with E-state index < -0.39 is 28.0 Å². The summed E-state index contributed by atoms with van der Waals surface area (Å²) in [6.45, 7) is 13.5. The lowest BCUT2D eigenvalue weighted by Crippen LogP contribution is -2.62. The number of carbonyl (C=O) groups excluding carboxylic acids is 1. The first kappa shape index (κ1) is 23.8. The van der Waals surface area contributed by atoms with Crippen LogP contribution in [0.15, 0.2) is 36.5 Å². The highest BCUT2D eigenvalue weighted by Gasteiger charge is 2.59. The van der Waals surface area contributed by atoms with Crippen LogP contribution in [0.5, 0.6) is 0 Å². The van der Waals surface area contributed by atoms with Crippen molar-refractivity contribution in [3.05, 3.63) is 36.5 Å². The average Bonchev–Trinajstić information content (AvgIpc) is 3.14. The molecule has 5 atom stereocenters. The molecule has 178 valence electrons. The molecular formula is C26H38O6. The fourth-order valence-corrected chi connectivity index (χ4v) is 5.78. The van der Waals surface area contributed by atoms with Crippen LogP contribution in [0, 0.1) is 22.7 Å². The third kappa shape index (κ3) is 3.84. The molecule has 2 fully saturated rings. The molecule has 32 heavy (non-hydrogen) atoms. The van der Waals surface area contributed by atoms with Gasteiger partial charge in [0.2, 0.25) is 0 Å². The van der Waals surface area contributed by atoms with Crippen molar-refractivity contribution in [1.29, 1.82) is 0 Å². The van der Waals surface area contributed by atoms with Gasteiger partial charge in [0.15, 0.2) is 17.4 Å². The van der Waals surface area contributed by atoms with Crippen LogP contribution in [0.2, 0.25) is 0 Å². The maximum Gasteiger partial charge on any atom is 0.185 e. The minimum absolute atomic E-state index is 0.0425. The number of hydrogen-bond donors (Lipinski definition) is 0. The first-order valence-electron chi connectivity index (χ1n) is 11.6. The second kappa shape index (κ2) is 7.88. The van der Waals surface area contributed by atoms with Crippen molar-refractivity contribution in [1.82, 2.24) is 0 Å². The van der Waals surface area contributed by atoms with E-state index in [4.69, 9.17) is 23.7 Å². The Morgan fingerprint density at radius 3 is 2.34 bits per heavy atom. The molecule has 0 unspecified atom stereocenters. The van der Waals surface area contributed by atoms with E-state index >= 15 is 0 Å². The van der Waals surface area contributed by atoms with Crippen LogP contribution in [-0.2, 0) is 28.5 Å². The van der Waals surface area contributed by atoms with Gasteiger partial charge in [0, 0.05) is 29.8 Å². The van der Waals surface area contributed by atoms with Crippen LogP contribution in [0.1, 0.15) is 48.0 Å². The fourth-order valence-electron chi connectivity index (χ4n) is 5.78. The Balaban J connectivity index is 1.81. The first-order chi connectivity index (χ1) is 14.9. The number of ketones is 1. The molecule has 0 saturated carbocycles. The Morgan fingerprint density at radius 2 is 1.69 bits per heavy atom. The Labute approximate surface area is 191 Å². The summed E-state index contributed by atoms with van der Waals surface area (Å²) >= 11 is 0. The Hall–Kier alpha value is -1.31. The summed E-state index contributed by atoms with van der Waals surface area (Å²) in [6.07, 6.45) is 12.8. The van der Waals surface area contributed by atoms with Gasteiger partial charge in [-0.3, -0.25) is 4.79 Å². The first-order valence-corrected chi connectivity index (χ1v) is 11.6. The number of rotatable bonds is 3. The van der Waals surface area contributed by atoms with Crippen LogP contribution in [0.3, 0.4) is 0 Å². The summed E-state index contributed by atoms with van der Waals surface area (Å²) in [7, 11) is 1.62. The molecule has 0 amide bonds. The summed E-state index contributed by atoms with van der Waals surface area (Å²) in [5.74, 6) is -1.97. The standard InChI is InChI=1S/C26H38O6/c1-22(2)10-8-11-24(5)12-9-19-18(17-31-23(3,4)32-19)20(24)21(27)26(22,28-7)14-13-25(6)29-15-16-30-25/h8-9,11-14,18-20H,10,15-17H2,1-7H3/b11-8-,14-13+/t18-,19+,20-,24-,26-/m1/s1. The van der Waals surface area contributed by atoms with Crippen molar-refractivity contribution in [2.45, 2.75) is 71.2 Å². The van der Waals surface area contributed by atoms with Gasteiger partial charge in [0.25, 0.3) is 0 Å². The maximum atomic E-state index is 14.6. The largest absolute Gasteiger partial charge is 0.366 e. The lowest BCUT2D eigenvalue weighted by atomic mass is 9.55. The molecule has 6 nitrogen and oxygen atoms in total. The molecule has 0 N–H and O–H groups in total. The zero-order valence-corrected chi connectivity index (χ0v) is 20.5. The zero-order valence-electron chi connectivity index (χ0n) is 20.5. The number of carbonyl (C=O) groups is 1. The number of hydrogen-bond acceptors (Lipinski definition) is 6. The van der Waals surface area contributed by atoms with Gasteiger partial charge in [-0.15, -0.1) is 0 Å². The number of ether oxygens (including phenoxy) is 5. The van der Waals surface area contributed by atoms with E-state index in [-0.39, 0.29) is 23.7 Å². The van der Waals surface area contributed by atoms with E-state index in [2.05, 4.69) is 45.1 Å². The molecule has 0 radical (unpaired) electrons. The summed E-state index contributed by atoms with van der Waals surface area (Å²) in [6, 6.07) is 0. The Morgan fingerprint density at radius 1 is 1.00 bits per heavy atom. The summed E-state index contributed by atoms with van der Waals surface area (Å²) in [4.78, 5) is 14.6. The smallest absolute Gasteiger partial charge is 0.185 e. The molecule has 0 aromatic rings. The fraction of sp³-hybridized carbons (Fsp3) is 0.731. The summed E-state index contributed by atoms with van der Waals surface area (Å²) in [5, 5.41) is 0. The van der Waals surface area contributed by atoms with Gasteiger partial charge in [-0.05, 0) is 39.3 Å². The van der Waals surface area contributed by atoms with Crippen LogP contribution in [0.4, 0.5) is 0 Å². The quantitative estimate of drug-likeness (QED) is 0.606. The van der Waals surface area contributed by atoms with Gasteiger partial charge in [-0.2, -0.15) is 0 Å². The van der Waals surface area contributed by atoms with Crippen LogP contribution < -0.4 is 0 Å². The average molecular weight is 447 g/mol. The van der Waals surface area contributed by atoms with E-state index in [9.17, 15) is 4.79 Å². The number of Topliss-reactive ketones (excluding diaryl/α,β-unsaturated/α-hetero) is 1. The second-order valence-corrected chi connectivity index (χ2v) is 11.0. The molecule has 4 rings (SSSR count). The zero-order chi connectivity index (χ0) is 23.4. The summed E-state index contributed by atoms with van der Waals surface area (Å²) in [5.41, 5.74) is -2.11. The number of fused-ring (bicyclic) bond motifs is 3.